The summed E-state index contributed by atoms with van der Waals surface area (Å²) < 4.78 is 5.11. The number of carbonyl (C=O) groups excluding carboxylic acids is 1. The maximum absolute atomic E-state index is 12.5. The van der Waals surface area contributed by atoms with E-state index in [1.807, 2.05) is 31.2 Å². The molecular weight excluding hydrogens is 270 g/mol. The lowest BCUT2D eigenvalue weighted by molar-refractivity contribution is -0.146. The van der Waals surface area contributed by atoms with E-state index in [0.29, 0.717) is 19.5 Å². The second-order valence-electron chi connectivity index (χ2n) is 5.46. The van der Waals surface area contributed by atoms with Crippen LogP contribution in [0.15, 0.2) is 24.3 Å². The number of carbonyl (C=O) groups is 2. The van der Waals surface area contributed by atoms with Gasteiger partial charge in [-0.1, -0.05) is 12.1 Å². The fourth-order valence-corrected chi connectivity index (χ4v) is 2.69. The molecule has 21 heavy (non-hydrogen) atoms. The second kappa shape index (κ2) is 6.61. The van der Waals surface area contributed by atoms with Crippen LogP contribution in [0.5, 0.6) is 5.75 Å². The van der Waals surface area contributed by atoms with Crippen molar-refractivity contribution in [1.82, 2.24) is 4.90 Å². The zero-order valence-corrected chi connectivity index (χ0v) is 12.4. The van der Waals surface area contributed by atoms with E-state index in [-0.39, 0.29) is 11.8 Å². The van der Waals surface area contributed by atoms with Gasteiger partial charge in [0.05, 0.1) is 18.9 Å². The number of nitrogens with zero attached hydrogens (tertiary/aromatic N) is 1. The Bertz CT molecular complexity index is 512. The second-order valence-corrected chi connectivity index (χ2v) is 5.46. The molecule has 1 aromatic carbocycles. The zero-order chi connectivity index (χ0) is 15.4. The van der Waals surface area contributed by atoms with Gasteiger partial charge in [0.2, 0.25) is 5.91 Å². The first-order valence-corrected chi connectivity index (χ1v) is 7.18. The van der Waals surface area contributed by atoms with Crippen molar-refractivity contribution in [2.45, 2.75) is 25.7 Å². The third-order valence-electron chi connectivity index (χ3n) is 4.07. The van der Waals surface area contributed by atoms with Crippen LogP contribution >= 0.6 is 0 Å². The third kappa shape index (κ3) is 3.54. The first-order valence-electron chi connectivity index (χ1n) is 7.18. The molecule has 1 fully saturated rings. The van der Waals surface area contributed by atoms with Crippen molar-refractivity contribution in [2.24, 2.45) is 5.92 Å². The van der Waals surface area contributed by atoms with Crippen LogP contribution in [0.1, 0.15) is 31.2 Å². The topological polar surface area (TPSA) is 66.8 Å². The predicted molar refractivity (Wildman–Crippen MR) is 78.3 cm³/mol. The predicted octanol–water partition coefficient (Wildman–Crippen LogP) is 2.12. The van der Waals surface area contributed by atoms with Gasteiger partial charge >= 0.3 is 5.97 Å². The molecule has 1 heterocycles. The number of likely N-dealkylation sites (tertiary alicyclic amines) is 1. The number of amides is 1. The molecule has 0 aromatic heterocycles. The lowest BCUT2D eigenvalue weighted by Crippen LogP contribution is -2.43. The standard InChI is InChI=1S/C16H21NO4/c1-11(12-5-7-14(21-2)8-6-12)15(18)17-9-3-4-13(10-17)16(19)20/h5-8,11,13H,3-4,9-10H2,1-2H3,(H,19,20)/t11-,13-/m0/s1. The highest BCUT2D eigenvalue weighted by atomic mass is 16.5. The summed E-state index contributed by atoms with van der Waals surface area (Å²) in [4.78, 5) is 25.3. The van der Waals surface area contributed by atoms with Crippen molar-refractivity contribution in [3.8, 4) is 5.75 Å². The van der Waals surface area contributed by atoms with Gasteiger partial charge in [-0.3, -0.25) is 9.59 Å². The Morgan fingerprint density at radius 2 is 2.00 bits per heavy atom. The van der Waals surface area contributed by atoms with E-state index >= 15 is 0 Å². The summed E-state index contributed by atoms with van der Waals surface area (Å²) in [6.45, 7) is 2.81. The summed E-state index contributed by atoms with van der Waals surface area (Å²) in [6.07, 6.45) is 1.40. The molecule has 1 saturated heterocycles. The minimum Gasteiger partial charge on any atom is -0.497 e. The van der Waals surface area contributed by atoms with Gasteiger partial charge < -0.3 is 14.7 Å². The van der Waals surface area contributed by atoms with E-state index in [4.69, 9.17) is 9.84 Å². The van der Waals surface area contributed by atoms with Crippen LogP contribution in [0.2, 0.25) is 0 Å². The van der Waals surface area contributed by atoms with Crippen LogP contribution in [0, 0.1) is 5.92 Å². The van der Waals surface area contributed by atoms with Gasteiger partial charge in [-0.05, 0) is 37.5 Å². The molecule has 0 aliphatic carbocycles. The minimum atomic E-state index is -0.815. The smallest absolute Gasteiger partial charge is 0.308 e. The normalized spacial score (nSPS) is 19.9. The Hall–Kier alpha value is -2.04. The zero-order valence-electron chi connectivity index (χ0n) is 12.4. The Morgan fingerprint density at radius 1 is 1.33 bits per heavy atom. The van der Waals surface area contributed by atoms with Crippen molar-refractivity contribution in [1.29, 1.82) is 0 Å². The lowest BCUT2D eigenvalue weighted by atomic mass is 9.94. The number of piperidine rings is 1. The van der Waals surface area contributed by atoms with Crippen LogP contribution in [0.4, 0.5) is 0 Å². The van der Waals surface area contributed by atoms with Crippen molar-refractivity contribution in [2.75, 3.05) is 20.2 Å². The number of rotatable bonds is 4. The number of hydrogen-bond donors (Lipinski definition) is 1. The highest BCUT2D eigenvalue weighted by molar-refractivity contribution is 5.84. The third-order valence-corrected chi connectivity index (χ3v) is 4.07. The Kier molecular flexibility index (Phi) is 4.83. The number of aliphatic carboxylic acids is 1. The van der Waals surface area contributed by atoms with Crippen molar-refractivity contribution < 1.29 is 19.4 Å². The number of methoxy groups -OCH3 is 1. The average Bonchev–Trinajstić information content (AvgIpc) is 2.53. The molecule has 1 aromatic rings. The van der Waals surface area contributed by atoms with E-state index < -0.39 is 11.9 Å². The summed E-state index contributed by atoms with van der Waals surface area (Å²) in [5.74, 6) is -0.785. The van der Waals surface area contributed by atoms with Crippen LogP contribution < -0.4 is 4.74 Å². The molecule has 5 heteroatoms. The summed E-state index contributed by atoms with van der Waals surface area (Å²) in [6, 6.07) is 7.41. The maximum Gasteiger partial charge on any atom is 0.308 e. The van der Waals surface area contributed by atoms with E-state index in [9.17, 15) is 9.59 Å². The largest absolute Gasteiger partial charge is 0.497 e. The molecule has 114 valence electrons. The van der Waals surface area contributed by atoms with E-state index in [1.54, 1.807) is 12.0 Å². The molecule has 2 rings (SSSR count). The number of ether oxygens (including phenoxy) is 1. The summed E-state index contributed by atoms with van der Waals surface area (Å²) in [5, 5.41) is 9.10. The average molecular weight is 291 g/mol. The first-order chi connectivity index (χ1) is 10.0. The van der Waals surface area contributed by atoms with Gasteiger partial charge in [0.1, 0.15) is 5.75 Å². The van der Waals surface area contributed by atoms with Crippen LogP contribution in [-0.2, 0) is 9.59 Å². The summed E-state index contributed by atoms with van der Waals surface area (Å²) in [7, 11) is 1.60. The molecule has 2 atom stereocenters. The fourth-order valence-electron chi connectivity index (χ4n) is 2.69. The van der Waals surface area contributed by atoms with Gasteiger partial charge in [-0.15, -0.1) is 0 Å². The lowest BCUT2D eigenvalue weighted by Gasteiger charge is -2.32. The van der Waals surface area contributed by atoms with Crippen molar-refractivity contribution >= 4 is 11.9 Å². The molecule has 5 nitrogen and oxygen atoms in total. The minimum absolute atomic E-state index is 0.00823. The maximum atomic E-state index is 12.5. The number of hydrogen-bond acceptors (Lipinski definition) is 3. The molecule has 1 aliphatic heterocycles. The van der Waals surface area contributed by atoms with Gasteiger partial charge in [0.25, 0.3) is 0 Å². The van der Waals surface area contributed by atoms with Gasteiger partial charge in [0.15, 0.2) is 0 Å². The fraction of sp³-hybridized carbons (Fsp3) is 0.500. The van der Waals surface area contributed by atoms with E-state index in [0.717, 1.165) is 17.7 Å². The number of benzene rings is 1. The number of carboxylic acids is 1. The Balaban J connectivity index is 2.05. The van der Waals surface area contributed by atoms with Gasteiger partial charge in [0, 0.05) is 13.1 Å². The van der Waals surface area contributed by atoms with E-state index in [1.165, 1.54) is 0 Å². The summed E-state index contributed by atoms with van der Waals surface area (Å²) in [5.41, 5.74) is 0.915. The van der Waals surface area contributed by atoms with Crippen LogP contribution in [0.25, 0.3) is 0 Å². The Morgan fingerprint density at radius 3 is 2.57 bits per heavy atom. The van der Waals surface area contributed by atoms with Crippen LogP contribution in [-0.4, -0.2) is 42.1 Å². The molecular formula is C16H21NO4. The Labute approximate surface area is 124 Å². The molecule has 1 amide bonds. The summed E-state index contributed by atoms with van der Waals surface area (Å²) >= 11 is 0. The van der Waals surface area contributed by atoms with Crippen molar-refractivity contribution in [3.05, 3.63) is 29.8 Å². The van der Waals surface area contributed by atoms with Gasteiger partial charge in [-0.2, -0.15) is 0 Å². The molecule has 0 saturated carbocycles. The first kappa shape index (κ1) is 15.4. The highest BCUT2D eigenvalue weighted by Crippen LogP contribution is 2.24. The SMILES string of the molecule is COc1ccc([C@H](C)C(=O)N2CCC[C@H](C(=O)O)C2)cc1. The molecule has 1 aliphatic rings. The monoisotopic (exact) mass is 291 g/mol. The molecule has 1 N–H and O–H groups in total. The van der Waals surface area contributed by atoms with Crippen molar-refractivity contribution in [3.63, 3.8) is 0 Å². The molecule has 0 unspecified atom stereocenters. The molecule has 0 bridgehead atoms. The molecule has 0 spiro atoms. The van der Waals surface area contributed by atoms with Crippen LogP contribution in [0.3, 0.4) is 0 Å². The van der Waals surface area contributed by atoms with Gasteiger partial charge in [-0.25, -0.2) is 0 Å². The van der Waals surface area contributed by atoms with E-state index in [2.05, 4.69) is 0 Å². The highest BCUT2D eigenvalue weighted by Gasteiger charge is 2.30. The molecule has 0 radical (unpaired) electrons. The quantitative estimate of drug-likeness (QED) is 0.922. The number of carboxylic acid groups (broad SMARTS) is 1.